The number of likely N-dealkylation sites (N-methyl/N-ethyl adjacent to an activating group) is 1. The summed E-state index contributed by atoms with van der Waals surface area (Å²) in [6.07, 6.45) is -4.49. The van der Waals surface area contributed by atoms with Crippen LogP contribution in [0.5, 0.6) is 0 Å². The van der Waals surface area contributed by atoms with Crippen LogP contribution in [-0.4, -0.2) is 78.0 Å². The highest BCUT2D eigenvalue weighted by atomic mass is 19.4. The number of carbonyl (C=O) groups excluding carboxylic acids is 3. The number of carbonyl (C=O) groups is 3. The van der Waals surface area contributed by atoms with Crippen LogP contribution in [0.1, 0.15) is 48.3 Å². The maximum absolute atomic E-state index is 14.8. The van der Waals surface area contributed by atoms with Crippen LogP contribution in [0.25, 0.3) is 0 Å². The van der Waals surface area contributed by atoms with Crippen molar-refractivity contribution in [2.24, 2.45) is 0 Å². The summed E-state index contributed by atoms with van der Waals surface area (Å²) < 4.78 is 59.0. The second-order valence-corrected chi connectivity index (χ2v) is 9.89. The highest BCUT2D eigenvalue weighted by Crippen LogP contribution is 2.34. The molecule has 41 heavy (non-hydrogen) atoms. The molecule has 0 aromatic heterocycles. The van der Waals surface area contributed by atoms with Gasteiger partial charge in [-0.3, -0.25) is 14.6 Å². The van der Waals surface area contributed by atoms with Crippen molar-refractivity contribution < 1.29 is 36.7 Å². The summed E-state index contributed by atoms with van der Waals surface area (Å²) in [5.74, 6) is -1.63. The van der Waals surface area contributed by atoms with Gasteiger partial charge in [-0.2, -0.15) is 13.2 Å². The monoisotopic (exact) mass is 576 g/mol. The minimum absolute atomic E-state index is 0.0848. The number of ether oxygens (including phenoxy) is 1. The first-order valence-electron chi connectivity index (χ1n) is 13.4. The molecule has 12 heteroatoms. The summed E-state index contributed by atoms with van der Waals surface area (Å²) >= 11 is 0. The molecule has 8 nitrogen and oxygen atoms in total. The average molecular weight is 577 g/mol. The van der Waals surface area contributed by atoms with Crippen LogP contribution in [0.4, 0.5) is 22.4 Å². The molecule has 0 unspecified atom stereocenters. The van der Waals surface area contributed by atoms with Gasteiger partial charge in [-0.1, -0.05) is 18.2 Å². The molecule has 1 N–H and O–H groups in total. The van der Waals surface area contributed by atoms with Crippen LogP contribution in [0.3, 0.4) is 0 Å². The number of nitrogens with one attached hydrogen (secondary N) is 1. The zero-order valence-corrected chi connectivity index (χ0v) is 23.0. The molecule has 2 aliphatic rings. The van der Waals surface area contributed by atoms with Gasteiger partial charge < -0.3 is 15.0 Å². The van der Waals surface area contributed by atoms with E-state index < -0.39 is 35.6 Å². The number of alkyl halides is 3. The number of piperazine rings is 1. The van der Waals surface area contributed by atoms with Crippen LogP contribution >= 0.6 is 0 Å². The molecule has 0 spiro atoms. The fourth-order valence-electron chi connectivity index (χ4n) is 5.26. The maximum Gasteiger partial charge on any atom is 0.416 e. The first-order chi connectivity index (χ1) is 19.5. The third kappa shape index (κ3) is 6.37. The van der Waals surface area contributed by atoms with E-state index in [0.717, 1.165) is 12.1 Å². The Morgan fingerprint density at radius 1 is 1.05 bits per heavy atom. The third-order valence-electron chi connectivity index (χ3n) is 7.27. The summed E-state index contributed by atoms with van der Waals surface area (Å²) in [6, 6.07) is 8.16. The van der Waals surface area contributed by atoms with Gasteiger partial charge in [0.05, 0.1) is 23.8 Å². The molecule has 3 amide bonds. The van der Waals surface area contributed by atoms with Gasteiger partial charge in [0.25, 0.3) is 5.91 Å². The topological polar surface area (TPSA) is 82.2 Å². The zero-order chi connectivity index (χ0) is 29.9. The molecule has 0 bridgehead atoms. The van der Waals surface area contributed by atoms with Crippen molar-refractivity contribution in [1.29, 1.82) is 0 Å². The molecule has 0 saturated carbocycles. The highest BCUT2D eigenvalue weighted by molar-refractivity contribution is 5.95. The summed E-state index contributed by atoms with van der Waals surface area (Å²) in [6.45, 7) is 6.75. The van der Waals surface area contributed by atoms with E-state index in [9.17, 15) is 31.9 Å². The van der Waals surface area contributed by atoms with Gasteiger partial charge in [0.1, 0.15) is 5.82 Å². The average Bonchev–Trinajstić information content (AvgIpc) is 2.92. The highest BCUT2D eigenvalue weighted by Gasteiger charge is 2.40. The lowest BCUT2D eigenvalue weighted by Gasteiger charge is -2.43. The maximum atomic E-state index is 14.8. The molecule has 1 fully saturated rings. The Kier molecular flexibility index (Phi) is 9.01. The number of hydrogen-bond acceptors (Lipinski definition) is 5. The molecule has 2 heterocycles. The Hall–Kier alpha value is -3.93. The molecule has 4 rings (SSSR count). The van der Waals surface area contributed by atoms with Crippen LogP contribution in [0.2, 0.25) is 0 Å². The summed E-state index contributed by atoms with van der Waals surface area (Å²) in [5.41, 5.74) is -0.0211. The molecule has 0 radical (unpaired) electrons. The Bertz CT molecular complexity index is 1330. The fraction of sp³-hybridized carbons (Fsp3) is 0.414. The Balaban J connectivity index is 1.59. The van der Waals surface area contributed by atoms with Gasteiger partial charge in [0, 0.05) is 55.6 Å². The minimum atomic E-state index is -4.49. The van der Waals surface area contributed by atoms with E-state index in [1.54, 1.807) is 24.8 Å². The number of halogens is 4. The van der Waals surface area contributed by atoms with Crippen molar-refractivity contribution in [3.8, 4) is 0 Å². The first-order valence-corrected chi connectivity index (χ1v) is 13.4. The number of urea groups is 1. The van der Waals surface area contributed by atoms with Gasteiger partial charge >= 0.3 is 18.2 Å². The van der Waals surface area contributed by atoms with Crippen LogP contribution in [0.15, 0.2) is 59.8 Å². The molecule has 2 atom stereocenters. The van der Waals surface area contributed by atoms with E-state index in [4.69, 9.17) is 4.74 Å². The van der Waals surface area contributed by atoms with Gasteiger partial charge in [-0.15, -0.1) is 0 Å². The van der Waals surface area contributed by atoms with E-state index in [0.29, 0.717) is 18.8 Å². The van der Waals surface area contributed by atoms with E-state index in [1.807, 2.05) is 11.8 Å². The van der Waals surface area contributed by atoms with Gasteiger partial charge in [-0.05, 0) is 51.1 Å². The van der Waals surface area contributed by atoms with E-state index in [-0.39, 0.29) is 54.9 Å². The van der Waals surface area contributed by atoms with E-state index in [1.165, 1.54) is 35.2 Å². The van der Waals surface area contributed by atoms with Crippen molar-refractivity contribution in [3.05, 3.63) is 82.3 Å². The predicted octanol–water partition coefficient (Wildman–Crippen LogP) is 4.59. The smallest absolute Gasteiger partial charge is 0.416 e. The SMILES string of the molecule is CCOC(=O)C1=C(CN2CCN(C(=O)c3ccc(C(F)(F)F)cc3)[C@@H](C)C2)N(CC)C(=O)N[C@H]1c1ccccc1F. The quantitative estimate of drug-likeness (QED) is 0.385. The lowest BCUT2D eigenvalue weighted by Crippen LogP contribution is -2.56. The van der Waals surface area contributed by atoms with Crippen molar-refractivity contribution >= 4 is 17.9 Å². The summed E-state index contributed by atoms with van der Waals surface area (Å²) in [4.78, 5) is 44.5. The van der Waals surface area contributed by atoms with E-state index in [2.05, 4.69) is 5.32 Å². The largest absolute Gasteiger partial charge is 0.463 e. The molecular formula is C29H32F4N4O4. The van der Waals surface area contributed by atoms with Crippen LogP contribution < -0.4 is 5.32 Å². The van der Waals surface area contributed by atoms with Crippen molar-refractivity contribution in [1.82, 2.24) is 20.0 Å². The molecule has 0 aliphatic carbocycles. The number of esters is 1. The van der Waals surface area contributed by atoms with Gasteiger partial charge in [0.2, 0.25) is 0 Å². The summed E-state index contributed by atoms with van der Waals surface area (Å²) in [7, 11) is 0. The first kappa shape index (κ1) is 30.0. The Morgan fingerprint density at radius 2 is 1.73 bits per heavy atom. The molecule has 2 aliphatic heterocycles. The molecular weight excluding hydrogens is 544 g/mol. The normalized spacial score (nSPS) is 20.2. The number of rotatable bonds is 7. The van der Waals surface area contributed by atoms with Gasteiger partial charge in [-0.25, -0.2) is 14.0 Å². The molecule has 1 saturated heterocycles. The number of benzene rings is 2. The van der Waals surface area contributed by atoms with Crippen LogP contribution in [0, 0.1) is 5.82 Å². The lowest BCUT2D eigenvalue weighted by atomic mass is 9.93. The molecule has 220 valence electrons. The molecule has 2 aromatic carbocycles. The van der Waals surface area contributed by atoms with Crippen molar-refractivity contribution in [2.45, 2.75) is 39.0 Å². The number of nitrogens with zero attached hydrogens (tertiary/aromatic N) is 3. The van der Waals surface area contributed by atoms with Crippen molar-refractivity contribution in [3.63, 3.8) is 0 Å². The lowest BCUT2D eigenvalue weighted by molar-refractivity contribution is -0.139. The zero-order valence-electron chi connectivity index (χ0n) is 23.0. The Morgan fingerprint density at radius 3 is 2.32 bits per heavy atom. The summed E-state index contributed by atoms with van der Waals surface area (Å²) in [5, 5.41) is 2.74. The Labute approximate surface area is 235 Å². The standard InChI is InChI=1S/C29H32F4N4O4/c1-4-36-23(24(27(39)41-5-2)25(34-28(36)40)21-8-6-7-9-22(21)30)17-35-14-15-37(18(3)16-35)26(38)19-10-12-20(13-11-19)29(31,32)33/h6-13,18,25H,4-5,14-17H2,1-3H3,(H,34,40)/t18-,25-/m0/s1. The fourth-order valence-corrected chi connectivity index (χ4v) is 5.26. The van der Waals surface area contributed by atoms with E-state index >= 15 is 0 Å². The molecule has 2 aromatic rings. The van der Waals surface area contributed by atoms with Crippen LogP contribution in [-0.2, 0) is 15.7 Å². The third-order valence-corrected chi connectivity index (χ3v) is 7.27. The number of amides is 3. The predicted molar refractivity (Wildman–Crippen MR) is 142 cm³/mol. The van der Waals surface area contributed by atoms with Crippen molar-refractivity contribution in [2.75, 3.05) is 39.3 Å². The minimum Gasteiger partial charge on any atom is -0.463 e. The second kappa shape index (κ2) is 12.3. The second-order valence-electron chi connectivity index (χ2n) is 9.89. The number of hydrogen-bond donors (Lipinski definition) is 1. The van der Waals surface area contributed by atoms with Gasteiger partial charge in [0.15, 0.2) is 0 Å².